The van der Waals surface area contributed by atoms with Crippen LogP contribution < -0.4 is 11.2 Å². The molecule has 5 atom stereocenters. The zero-order chi connectivity index (χ0) is 28.3. The average Bonchev–Trinajstić information content (AvgIpc) is 3.28. The molecule has 0 saturated carbocycles. The van der Waals surface area contributed by atoms with E-state index in [1.807, 2.05) is 0 Å². The summed E-state index contributed by atoms with van der Waals surface area (Å²) in [5.74, 6) is -0.688. The van der Waals surface area contributed by atoms with Gasteiger partial charge in [0.15, 0.2) is 11.3 Å². The first-order chi connectivity index (χ1) is 17.5. The van der Waals surface area contributed by atoms with E-state index in [0.29, 0.717) is 4.57 Å². The molecule has 1 aromatic carbocycles. The van der Waals surface area contributed by atoms with Crippen LogP contribution in [0.15, 0.2) is 44.6 Å². The van der Waals surface area contributed by atoms with Crippen LogP contribution in [0.25, 0.3) is 11.0 Å². The fraction of sp³-hybridized carbons (Fsp3) is 0.450. The van der Waals surface area contributed by atoms with Gasteiger partial charge in [-0.25, -0.2) is 18.1 Å². The van der Waals surface area contributed by atoms with Crippen molar-refractivity contribution in [2.45, 2.75) is 50.3 Å². The van der Waals surface area contributed by atoms with Gasteiger partial charge >= 0.3 is 21.1 Å². The van der Waals surface area contributed by atoms with E-state index in [1.165, 1.54) is 26.0 Å². The molecule has 15 nitrogen and oxygen atoms in total. The summed E-state index contributed by atoms with van der Waals surface area (Å²) in [6.07, 6.45) is -3.98. The van der Waals surface area contributed by atoms with Gasteiger partial charge in [-0.3, -0.25) is 18.5 Å². The monoisotopic (exact) mass is 579 g/mol. The highest BCUT2D eigenvalue weighted by atomic mass is 31.3. The molecule has 1 aliphatic heterocycles. The fourth-order valence-electron chi connectivity index (χ4n) is 4.45. The van der Waals surface area contributed by atoms with Gasteiger partial charge in [0.05, 0.1) is 23.7 Å². The summed E-state index contributed by atoms with van der Waals surface area (Å²) < 4.78 is 53.7. The minimum Gasteiger partial charge on any atom is -0.387 e. The van der Waals surface area contributed by atoms with E-state index < -0.39 is 75.1 Å². The van der Waals surface area contributed by atoms with E-state index in [4.69, 9.17) is 19.0 Å². The Balaban J connectivity index is 1.67. The van der Waals surface area contributed by atoms with Crippen LogP contribution in [-0.4, -0.2) is 63.2 Å². The molecule has 1 saturated heterocycles. The van der Waals surface area contributed by atoms with Crippen molar-refractivity contribution in [1.82, 2.24) is 14.3 Å². The number of ether oxygens (including phenoxy) is 1. The minimum atomic E-state index is -5.31. The number of aliphatic hydroxyl groups is 2. The van der Waals surface area contributed by atoms with Gasteiger partial charge in [0.1, 0.15) is 23.7 Å². The number of hydrogen-bond acceptors (Lipinski definition) is 10. The largest absolute Gasteiger partial charge is 0.476 e. The molecule has 1 fully saturated rings. The minimum absolute atomic E-state index is 0.0356. The van der Waals surface area contributed by atoms with E-state index in [9.17, 15) is 38.2 Å². The maximum atomic E-state index is 14.4. The summed E-state index contributed by atoms with van der Waals surface area (Å²) in [6, 6.07) is 4.96. The Morgan fingerprint density at radius 2 is 1.82 bits per heavy atom. The highest BCUT2D eigenvalue weighted by Gasteiger charge is 2.59. The van der Waals surface area contributed by atoms with Crippen LogP contribution in [0.4, 0.5) is 4.39 Å². The van der Waals surface area contributed by atoms with Crippen LogP contribution in [0.1, 0.15) is 26.0 Å². The lowest BCUT2D eigenvalue weighted by Crippen LogP contribution is -2.52. The standard InChI is InChI=1S/C20H24FN3O12P2/c1-19(7-9-37(29,30)36-38(31,32)33)16(26)17(27)20(2,35-19)24-8-6-14(25)23(18(24)28)10-12-15-11(21)4-3-5-13(15)34-22-12/h3-6,8,16-17,26-27H,7,9-10H2,1-2H3,(H,29,30)(H2,31,32,33). The Labute approximate surface area is 212 Å². The normalized spacial score (nSPS) is 27.6. The number of aromatic nitrogens is 3. The Hall–Kier alpha value is -2.52. The van der Waals surface area contributed by atoms with Gasteiger partial charge in [-0.1, -0.05) is 11.2 Å². The lowest BCUT2D eigenvalue weighted by molar-refractivity contribution is -0.163. The average molecular weight is 579 g/mol. The maximum Gasteiger partial charge on any atom is 0.476 e. The number of nitrogens with zero attached hydrogens (tertiary/aromatic N) is 3. The summed E-state index contributed by atoms with van der Waals surface area (Å²) in [5, 5.41) is 25.3. The highest BCUT2D eigenvalue weighted by Crippen LogP contribution is 2.58. The molecule has 4 rings (SSSR count). The Morgan fingerprint density at radius 3 is 2.47 bits per heavy atom. The molecule has 0 radical (unpaired) electrons. The third kappa shape index (κ3) is 5.19. The molecule has 1 aliphatic rings. The van der Waals surface area contributed by atoms with Gasteiger partial charge < -0.3 is 34.2 Å². The molecule has 0 bridgehead atoms. The Morgan fingerprint density at radius 1 is 1.13 bits per heavy atom. The summed E-state index contributed by atoms with van der Waals surface area (Å²) >= 11 is 0. The molecule has 5 N–H and O–H groups in total. The van der Waals surface area contributed by atoms with Gasteiger partial charge in [-0.2, -0.15) is 0 Å². The summed E-state index contributed by atoms with van der Waals surface area (Å²) in [5.41, 5.74) is -5.62. The van der Waals surface area contributed by atoms with Crippen molar-refractivity contribution >= 4 is 26.4 Å². The first-order valence-corrected chi connectivity index (χ1v) is 14.3. The molecule has 5 unspecified atom stereocenters. The summed E-state index contributed by atoms with van der Waals surface area (Å²) in [6.45, 7) is 1.96. The van der Waals surface area contributed by atoms with Gasteiger partial charge in [0.2, 0.25) is 0 Å². The zero-order valence-electron chi connectivity index (χ0n) is 19.9. The van der Waals surface area contributed by atoms with Crippen LogP contribution in [0.2, 0.25) is 0 Å². The maximum absolute atomic E-state index is 14.4. The van der Waals surface area contributed by atoms with Gasteiger partial charge in [-0.15, -0.1) is 0 Å². The molecule has 38 heavy (non-hydrogen) atoms. The summed E-state index contributed by atoms with van der Waals surface area (Å²) in [4.78, 5) is 53.3. The van der Waals surface area contributed by atoms with Crippen LogP contribution in [0.5, 0.6) is 0 Å². The Kier molecular flexibility index (Phi) is 7.19. The molecule has 208 valence electrons. The number of phosphoric acid groups is 1. The number of hydrogen-bond donors (Lipinski definition) is 5. The predicted molar refractivity (Wildman–Crippen MR) is 126 cm³/mol. The van der Waals surface area contributed by atoms with E-state index in [1.54, 1.807) is 0 Å². The lowest BCUT2D eigenvalue weighted by atomic mass is 9.93. The molecule has 0 spiro atoms. The lowest BCUT2D eigenvalue weighted by Gasteiger charge is -2.32. The first-order valence-electron chi connectivity index (χ1n) is 11.0. The van der Waals surface area contributed by atoms with Crippen LogP contribution >= 0.6 is 15.4 Å². The van der Waals surface area contributed by atoms with Crippen molar-refractivity contribution in [3.05, 3.63) is 62.8 Å². The zero-order valence-corrected chi connectivity index (χ0v) is 21.7. The van der Waals surface area contributed by atoms with Crippen molar-refractivity contribution in [3.63, 3.8) is 0 Å². The van der Waals surface area contributed by atoms with Gasteiger partial charge in [0.25, 0.3) is 5.56 Å². The van der Waals surface area contributed by atoms with Crippen molar-refractivity contribution in [3.8, 4) is 0 Å². The van der Waals surface area contributed by atoms with Gasteiger partial charge in [0, 0.05) is 12.3 Å². The Bertz CT molecular complexity index is 1600. The second-order valence-corrected chi connectivity index (χ2v) is 12.5. The smallest absolute Gasteiger partial charge is 0.387 e. The second-order valence-electron chi connectivity index (χ2n) is 9.18. The van der Waals surface area contributed by atoms with E-state index in [0.717, 1.165) is 22.9 Å². The number of benzene rings is 1. The van der Waals surface area contributed by atoms with Crippen molar-refractivity contribution in [2.24, 2.45) is 0 Å². The van der Waals surface area contributed by atoms with Crippen LogP contribution in [-0.2, 0) is 30.4 Å². The molecule has 18 heteroatoms. The fourth-order valence-corrected chi connectivity index (χ4v) is 6.83. The molecular formula is C20H24FN3O12P2. The van der Waals surface area contributed by atoms with Crippen molar-refractivity contribution in [1.29, 1.82) is 0 Å². The first kappa shape index (κ1) is 28.5. The molecule has 0 amide bonds. The van der Waals surface area contributed by atoms with E-state index in [2.05, 4.69) is 9.47 Å². The predicted octanol–water partition coefficient (Wildman–Crippen LogP) is 0.207. The van der Waals surface area contributed by atoms with E-state index in [-0.39, 0.29) is 16.7 Å². The van der Waals surface area contributed by atoms with Gasteiger partial charge in [-0.05, 0) is 32.4 Å². The number of fused-ring (bicyclic) bond motifs is 1. The number of rotatable bonds is 8. The molecule has 0 aliphatic carbocycles. The number of halogens is 1. The van der Waals surface area contributed by atoms with Crippen LogP contribution in [0.3, 0.4) is 0 Å². The van der Waals surface area contributed by atoms with Crippen LogP contribution in [0, 0.1) is 5.82 Å². The molecular weight excluding hydrogens is 555 g/mol. The third-order valence-corrected chi connectivity index (χ3v) is 9.07. The van der Waals surface area contributed by atoms with Crippen molar-refractivity contribution < 1.29 is 52.0 Å². The molecule has 2 aromatic heterocycles. The molecule has 3 heterocycles. The second kappa shape index (κ2) is 9.59. The third-order valence-electron chi connectivity index (χ3n) is 6.41. The van der Waals surface area contributed by atoms with E-state index >= 15 is 0 Å². The highest BCUT2D eigenvalue weighted by molar-refractivity contribution is 7.63. The SMILES string of the molecule is CC1(CCP(=O)(O)OP(=O)(O)O)OC(C)(n2ccc(=O)n(Cc3noc4cccc(F)c34)c2=O)C(O)C1O. The molecule has 3 aromatic rings. The topological polar surface area (TPSA) is 224 Å². The van der Waals surface area contributed by atoms with Crippen molar-refractivity contribution in [2.75, 3.05) is 6.16 Å². The quantitative estimate of drug-likeness (QED) is 0.225. The summed E-state index contributed by atoms with van der Waals surface area (Å²) in [7, 11) is -10.2. The number of aliphatic hydroxyl groups excluding tert-OH is 2.